The molecule has 0 saturated heterocycles. The van der Waals surface area contributed by atoms with Gasteiger partial charge >= 0.3 is 0 Å². The summed E-state index contributed by atoms with van der Waals surface area (Å²) in [6.45, 7) is 0. The zero-order valence-corrected chi connectivity index (χ0v) is 12.3. The van der Waals surface area contributed by atoms with E-state index in [2.05, 4.69) is 21.4 Å². The van der Waals surface area contributed by atoms with E-state index in [0.29, 0.717) is 16.9 Å². The summed E-state index contributed by atoms with van der Waals surface area (Å²) in [4.78, 5) is 0. The van der Waals surface area contributed by atoms with E-state index in [0.717, 1.165) is 11.5 Å². The number of hydrogen-bond donors (Lipinski definition) is 2. The van der Waals surface area contributed by atoms with E-state index in [9.17, 15) is 8.78 Å². The molecule has 108 valence electrons. The third kappa shape index (κ3) is 2.46. The smallest absolute Gasteiger partial charge is 0.173 e. The normalized spacial score (nSPS) is 12.8. The zero-order valence-electron chi connectivity index (χ0n) is 10.7. The summed E-state index contributed by atoms with van der Waals surface area (Å²) in [6.07, 6.45) is 0. The summed E-state index contributed by atoms with van der Waals surface area (Å²) < 4.78 is 32.6. The molecule has 1 unspecified atom stereocenters. The molecule has 0 radical (unpaired) electrons. The van der Waals surface area contributed by atoms with Gasteiger partial charge in [-0.2, -0.15) is 0 Å². The van der Waals surface area contributed by atoms with E-state index in [1.165, 1.54) is 6.07 Å². The molecule has 0 fully saturated rings. The first-order valence-corrected chi connectivity index (χ1v) is 6.99. The van der Waals surface area contributed by atoms with Crippen LogP contribution in [-0.2, 0) is 0 Å². The van der Waals surface area contributed by atoms with E-state index in [1.807, 2.05) is 30.3 Å². The molecule has 0 saturated carbocycles. The topological polar surface area (TPSA) is 51.2 Å². The molecule has 0 aliphatic rings. The molecule has 21 heavy (non-hydrogen) atoms. The Labute approximate surface area is 127 Å². The minimum atomic E-state index is -0.955. The molecular formula is C15H11BrF2N2O. The van der Waals surface area contributed by atoms with Crippen molar-refractivity contribution in [1.29, 1.82) is 0 Å². The number of benzene rings is 2. The minimum absolute atomic E-state index is 0.0194. The van der Waals surface area contributed by atoms with Crippen LogP contribution in [0.5, 0.6) is 0 Å². The summed E-state index contributed by atoms with van der Waals surface area (Å²) in [5.74, 6) is 4.21. The fraction of sp³-hybridized carbons (Fsp3) is 0.0667. The molecular weight excluding hydrogens is 342 g/mol. The number of hydrogen-bond acceptors (Lipinski definition) is 3. The van der Waals surface area contributed by atoms with Crippen LogP contribution >= 0.6 is 15.9 Å². The lowest BCUT2D eigenvalue weighted by atomic mass is 10.0. The summed E-state index contributed by atoms with van der Waals surface area (Å²) in [5, 5.41) is 0.909. The van der Waals surface area contributed by atoms with Crippen LogP contribution in [0, 0.1) is 11.6 Å². The van der Waals surface area contributed by atoms with E-state index < -0.39 is 17.7 Å². The van der Waals surface area contributed by atoms with Gasteiger partial charge in [-0.05, 0) is 39.7 Å². The number of halogens is 3. The third-order valence-electron chi connectivity index (χ3n) is 3.27. The second kappa shape index (κ2) is 5.55. The van der Waals surface area contributed by atoms with Gasteiger partial charge in [-0.15, -0.1) is 0 Å². The monoisotopic (exact) mass is 352 g/mol. The molecule has 3 nitrogen and oxygen atoms in total. The molecule has 1 atom stereocenters. The van der Waals surface area contributed by atoms with Crippen LogP contribution in [-0.4, -0.2) is 0 Å². The highest BCUT2D eigenvalue weighted by Crippen LogP contribution is 2.33. The van der Waals surface area contributed by atoms with Crippen molar-refractivity contribution in [2.75, 3.05) is 0 Å². The Morgan fingerprint density at radius 2 is 1.90 bits per heavy atom. The van der Waals surface area contributed by atoms with Crippen LogP contribution < -0.4 is 11.3 Å². The van der Waals surface area contributed by atoms with Crippen molar-refractivity contribution in [3.8, 4) is 0 Å². The first-order chi connectivity index (χ1) is 10.1. The number of para-hydroxylation sites is 1. The molecule has 2 aromatic carbocycles. The SMILES string of the molecule is NNC(c1cc2ccccc2o1)c1ccc(F)c(F)c1Br. The highest BCUT2D eigenvalue weighted by atomic mass is 79.9. The van der Waals surface area contributed by atoms with Gasteiger partial charge in [-0.1, -0.05) is 24.3 Å². The van der Waals surface area contributed by atoms with Gasteiger partial charge < -0.3 is 4.42 Å². The molecule has 0 aliphatic carbocycles. The average Bonchev–Trinajstić information content (AvgIpc) is 2.91. The molecule has 1 aromatic heterocycles. The highest BCUT2D eigenvalue weighted by molar-refractivity contribution is 9.10. The summed E-state index contributed by atoms with van der Waals surface area (Å²) >= 11 is 3.06. The number of nitrogens with two attached hydrogens (primary N) is 1. The number of furan rings is 1. The number of fused-ring (bicyclic) bond motifs is 1. The Balaban J connectivity index is 2.12. The molecule has 0 amide bonds. The lowest BCUT2D eigenvalue weighted by molar-refractivity contribution is 0.466. The van der Waals surface area contributed by atoms with Gasteiger partial charge in [0.05, 0.1) is 4.47 Å². The van der Waals surface area contributed by atoms with Gasteiger partial charge in [0.25, 0.3) is 0 Å². The number of hydrazine groups is 1. The van der Waals surface area contributed by atoms with Gasteiger partial charge in [0.1, 0.15) is 17.4 Å². The maximum atomic E-state index is 13.7. The average molecular weight is 353 g/mol. The Morgan fingerprint density at radius 1 is 1.14 bits per heavy atom. The fourth-order valence-corrected chi connectivity index (χ4v) is 2.78. The van der Waals surface area contributed by atoms with Crippen molar-refractivity contribution < 1.29 is 13.2 Å². The van der Waals surface area contributed by atoms with Crippen LogP contribution in [0.1, 0.15) is 17.4 Å². The fourth-order valence-electron chi connectivity index (χ4n) is 2.23. The van der Waals surface area contributed by atoms with Crippen molar-refractivity contribution >= 4 is 26.9 Å². The summed E-state index contributed by atoms with van der Waals surface area (Å²) in [5.41, 5.74) is 3.72. The van der Waals surface area contributed by atoms with Crippen LogP contribution in [0.4, 0.5) is 8.78 Å². The molecule has 1 heterocycles. The molecule has 0 aliphatic heterocycles. The minimum Gasteiger partial charge on any atom is -0.459 e. The van der Waals surface area contributed by atoms with Gasteiger partial charge in [-0.25, -0.2) is 14.2 Å². The lowest BCUT2D eigenvalue weighted by Crippen LogP contribution is -2.29. The quantitative estimate of drug-likeness (QED) is 0.425. The Morgan fingerprint density at radius 3 is 2.62 bits per heavy atom. The Kier molecular flexibility index (Phi) is 3.75. The standard InChI is InChI=1S/C15H11BrF2N2O/c16-13-9(5-6-10(17)14(13)18)15(20-19)12-7-8-3-1-2-4-11(8)21-12/h1-7,15,20H,19H2. The summed E-state index contributed by atoms with van der Waals surface area (Å²) in [7, 11) is 0. The van der Waals surface area contributed by atoms with Gasteiger partial charge in [-0.3, -0.25) is 5.84 Å². The Bertz CT molecular complexity index is 770. The first-order valence-electron chi connectivity index (χ1n) is 6.20. The van der Waals surface area contributed by atoms with E-state index in [-0.39, 0.29) is 4.47 Å². The van der Waals surface area contributed by atoms with Crippen LogP contribution in [0.25, 0.3) is 11.0 Å². The van der Waals surface area contributed by atoms with Crippen molar-refractivity contribution in [3.05, 3.63) is 69.9 Å². The molecule has 3 aromatic rings. The first kappa shape index (κ1) is 14.2. The maximum absolute atomic E-state index is 13.7. The molecule has 0 bridgehead atoms. The largest absolute Gasteiger partial charge is 0.459 e. The van der Waals surface area contributed by atoms with Gasteiger partial charge in [0.2, 0.25) is 0 Å². The van der Waals surface area contributed by atoms with Crippen molar-refractivity contribution in [2.24, 2.45) is 5.84 Å². The van der Waals surface area contributed by atoms with Crippen molar-refractivity contribution in [2.45, 2.75) is 6.04 Å². The van der Waals surface area contributed by atoms with Crippen molar-refractivity contribution in [3.63, 3.8) is 0 Å². The number of nitrogens with one attached hydrogen (secondary N) is 1. The Hall–Kier alpha value is -1.76. The predicted molar refractivity (Wildman–Crippen MR) is 79.4 cm³/mol. The third-order valence-corrected chi connectivity index (χ3v) is 4.08. The molecule has 6 heteroatoms. The second-order valence-corrected chi connectivity index (χ2v) is 5.34. The van der Waals surface area contributed by atoms with Crippen LogP contribution in [0.15, 0.2) is 51.4 Å². The zero-order chi connectivity index (χ0) is 15.0. The number of rotatable bonds is 3. The lowest BCUT2D eigenvalue weighted by Gasteiger charge is -2.16. The van der Waals surface area contributed by atoms with Gasteiger partial charge in [0.15, 0.2) is 11.6 Å². The predicted octanol–water partition coefficient (Wildman–Crippen LogP) is 4.03. The highest BCUT2D eigenvalue weighted by Gasteiger charge is 2.22. The van der Waals surface area contributed by atoms with E-state index in [1.54, 1.807) is 0 Å². The van der Waals surface area contributed by atoms with E-state index in [4.69, 9.17) is 10.3 Å². The molecule has 3 rings (SSSR count). The van der Waals surface area contributed by atoms with Crippen molar-refractivity contribution in [1.82, 2.24) is 5.43 Å². The van der Waals surface area contributed by atoms with Crippen LogP contribution in [0.3, 0.4) is 0 Å². The summed E-state index contributed by atoms with van der Waals surface area (Å²) in [6, 6.07) is 11.2. The second-order valence-electron chi connectivity index (χ2n) is 4.55. The van der Waals surface area contributed by atoms with E-state index >= 15 is 0 Å². The molecule has 0 spiro atoms. The van der Waals surface area contributed by atoms with Gasteiger partial charge in [0, 0.05) is 5.39 Å². The molecule has 3 N–H and O–H groups in total. The van der Waals surface area contributed by atoms with Crippen LogP contribution in [0.2, 0.25) is 0 Å². The maximum Gasteiger partial charge on any atom is 0.173 e.